The molecule has 15 N–H and O–H groups in total. The summed E-state index contributed by atoms with van der Waals surface area (Å²) in [5, 5.41) is 106. The fraction of sp³-hybridized carbons (Fsp3) is 0.704. The van der Waals surface area contributed by atoms with E-state index in [1.54, 1.807) is 30.8 Å². The molecule has 0 radical (unpaired) electrons. The molecule has 50 heavy (non-hydrogen) atoms. The van der Waals surface area contributed by atoms with Gasteiger partial charge in [-0.2, -0.15) is 0 Å². The molecule has 0 aliphatic carbocycles. The van der Waals surface area contributed by atoms with Gasteiger partial charge in [0.25, 0.3) is 6.47 Å². The van der Waals surface area contributed by atoms with Crippen molar-refractivity contribution in [3.05, 3.63) is 0 Å². The minimum Gasteiger partial charge on any atom is -0.483 e. The van der Waals surface area contributed by atoms with Crippen molar-refractivity contribution >= 4 is 48.1 Å². The average molecular weight is 737 g/mol. The highest BCUT2D eigenvalue weighted by molar-refractivity contribution is 6.03. The first-order valence-electron chi connectivity index (χ1n) is 14.5. The number of aliphatic hydroxyl groups excluding tert-OH is 7. The predicted molar refractivity (Wildman–Crippen MR) is 175 cm³/mol. The monoisotopic (exact) mass is 736 g/mol. The van der Waals surface area contributed by atoms with Crippen molar-refractivity contribution < 1.29 is 84.9 Å². The molecular weight excluding hydrogens is 680 g/mol. The summed E-state index contributed by atoms with van der Waals surface area (Å²) in [7, 11) is 3.39. The molecule has 296 valence electrons. The largest absolute Gasteiger partial charge is 0.483 e. The number of aliphatic hydroxyl groups is 7. The number of aliphatic carboxylic acids is 3. The van der Waals surface area contributed by atoms with E-state index in [1.807, 2.05) is 6.92 Å². The molecule has 0 aromatic carbocycles. The van der Waals surface area contributed by atoms with E-state index in [4.69, 9.17) is 71.8 Å². The molecule has 3 unspecified atom stereocenters. The number of carboxylic acid groups (broad SMARTS) is 4. The van der Waals surface area contributed by atoms with Crippen LogP contribution in [0.4, 0.5) is 0 Å². The van der Waals surface area contributed by atoms with Crippen LogP contribution in [0.3, 0.4) is 0 Å². The molecule has 0 aromatic rings. The molecule has 0 spiro atoms. The number of amides is 2. The van der Waals surface area contributed by atoms with Crippen molar-refractivity contribution in [2.75, 3.05) is 47.0 Å². The summed E-state index contributed by atoms with van der Waals surface area (Å²) in [6.07, 6.45) is -2.86. The van der Waals surface area contributed by atoms with Gasteiger partial charge >= 0.3 is 17.9 Å². The number of guanidine groups is 2. The Morgan fingerprint density at radius 1 is 0.780 bits per heavy atom. The third-order valence-electron chi connectivity index (χ3n) is 4.25. The van der Waals surface area contributed by atoms with E-state index in [0.717, 1.165) is 0 Å². The SMILES string of the molecule is CC(O)CC(=O)O.CC(O)CC(=O)O.CCCC(O)C(=O)O.CCO.CN1CC(=O)NC1=N.CN1CC(=O)NC1=N.O=CO.OCC(O)CO. The maximum Gasteiger partial charge on any atom is 0.332 e. The van der Waals surface area contributed by atoms with Gasteiger partial charge in [0.15, 0.2) is 18.0 Å². The predicted octanol–water partition coefficient (Wildman–Crippen LogP) is -4.09. The van der Waals surface area contributed by atoms with Crippen LogP contribution < -0.4 is 10.6 Å². The maximum absolute atomic E-state index is 10.4. The van der Waals surface area contributed by atoms with Crippen molar-refractivity contribution in [1.82, 2.24) is 20.4 Å². The van der Waals surface area contributed by atoms with E-state index < -0.39 is 42.3 Å². The normalized spacial score (nSPS) is 13.9. The van der Waals surface area contributed by atoms with Crippen LogP contribution in [0.15, 0.2) is 0 Å². The van der Waals surface area contributed by atoms with Crippen LogP contribution in [-0.4, -0.2) is 186 Å². The van der Waals surface area contributed by atoms with E-state index >= 15 is 0 Å². The first-order valence-corrected chi connectivity index (χ1v) is 14.5. The van der Waals surface area contributed by atoms with Gasteiger partial charge in [0.1, 0.15) is 6.10 Å². The lowest BCUT2D eigenvalue weighted by atomic mass is 10.2. The number of carbonyl (C=O) groups excluding carboxylic acids is 2. The molecule has 2 rings (SSSR count). The van der Waals surface area contributed by atoms with Gasteiger partial charge in [-0.25, -0.2) is 4.79 Å². The van der Waals surface area contributed by atoms with E-state index in [1.165, 1.54) is 13.8 Å². The Kier molecular flexibility index (Phi) is 44.9. The Bertz CT molecular complexity index is 896. The fourth-order valence-electron chi connectivity index (χ4n) is 2.08. The number of nitrogens with zero attached hydrogens (tertiary/aromatic N) is 2. The summed E-state index contributed by atoms with van der Waals surface area (Å²) in [4.78, 5) is 61.3. The molecule has 2 fully saturated rings. The van der Waals surface area contributed by atoms with Crippen LogP contribution >= 0.6 is 0 Å². The maximum atomic E-state index is 10.4. The highest BCUT2D eigenvalue weighted by atomic mass is 16.4. The van der Waals surface area contributed by atoms with E-state index in [2.05, 4.69) is 10.6 Å². The van der Waals surface area contributed by atoms with Crippen LogP contribution in [0.1, 0.15) is 53.4 Å². The quantitative estimate of drug-likeness (QED) is 0.100. The van der Waals surface area contributed by atoms with E-state index in [0.29, 0.717) is 25.9 Å². The molecule has 0 aromatic heterocycles. The number of carbonyl (C=O) groups is 6. The average Bonchev–Trinajstić information content (AvgIpc) is 3.44. The minimum absolute atomic E-state index is 0.0995. The molecule has 0 saturated carbocycles. The Morgan fingerprint density at radius 2 is 1.06 bits per heavy atom. The van der Waals surface area contributed by atoms with Gasteiger partial charge in [-0.1, -0.05) is 13.3 Å². The van der Waals surface area contributed by atoms with Gasteiger partial charge in [0, 0.05) is 20.7 Å². The lowest BCUT2D eigenvalue weighted by Gasteiger charge is -2.03. The molecule has 2 saturated heterocycles. The van der Waals surface area contributed by atoms with Crippen molar-refractivity contribution in [3.63, 3.8) is 0 Å². The van der Waals surface area contributed by atoms with Crippen LogP contribution in [0, 0.1) is 10.8 Å². The minimum atomic E-state index is -1.17. The molecular formula is C27H56N6O17. The zero-order chi connectivity index (χ0) is 41.0. The summed E-state index contributed by atoms with van der Waals surface area (Å²) in [6.45, 7) is 6.29. The number of carboxylic acids is 3. The van der Waals surface area contributed by atoms with Gasteiger partial charge in [0.05, 0.1) is 51.4 Å². The molecule has 2 aliphatic heterocycles. The van der Waals surface area contributed by atoms with Crippen LogP contribution in [0.5, 0.6) is 0 Å². The van der Waals surface area contributed by atoms with Crippen LogP contribution in [-0.2, 0) is 28.8 Å². The van der Waals surface area contributed by atoms with Gasteiger partial charge in [-0.05, 0) is 27.2 Å². The second-order valence-electron chi connectivity index (χ2n) is 9.48. The van der Waals surface area contributed by atoms with E-state index in [9.17, 15) is 24.0 Å². The Morgan fingerprint density at radius 3 is 1.10 bits per heavy atom. The third kappa shape index (κ3) is 53.0. The van der Waals surface area contributed by atoms with Crippen LogP contribution in [0.25, 0.3) is 0 Å². The van der Waals surface area contributed by atoms with Crippen molar-refractivity contribution in [1.29, 1.82) is 10.8 Å². The summed E-state index contributed by atoms with van der Waals surface area (Å²) in [5.74, 6) is -2.88. The van der Waals surface area contributed by atoms with Gasteiger partial charge < -0.3 is 66.0 Å². The highest BCUT2D eigenvalue weighted by Gasteiger charge is 2.19. The van der Waals surface area contributed by atoms with E-state index in [-0.39, 0.29) is 62.9 Å². The summed E-state index contributed by atoms with van der Waals surface area (Å²) in [5.41, 5.74) is 0. The number of likely N-dealkylation sites (N-methyl/N-ethyl adjacent to an activating group) is 2. The highest BCUT2D eigenvalue weighted by Crippen LogP contribution is 1.94. The number of hydrogen-bond acceptors (Lipinski definition) is 15. The lowest BCUT2D eigenvalue weighted by Crippen LogP contribution is -2.25. The molecule has 23 heteroatoms. The molecule has 2 amide bonds. The molecule has 0 bridgehead atoms. The van der Waals surface area contributed by atoms with Crippen molar-refractivity contribution in [2.45, 2.75) is 77.8 Å². The van der Waals surface area contributed by atoms with Crippen molar-refractivity contribution in [3.8, 4) is 0 Å². The number of rotatable bonds is 9. The second-order valence-corrected chi connectivity index (χ2v) is 9.48. The summed E-state index contributed by atoms with van der Waals surface area (Å²) in [6, 6.07) is 0. The Labute approximate surface area is 289 Å². The third-order valence-corrected chi connectivity index (χ3v) is 4.25. The standard InChI is InChI=1S/C5H10O3.2C4H7N3O.2C4H8O3.C3H8O3.C2H6O.CH2O2/c1-2-3-4(6)5(7)8;2*1-7-2-3(8)6-4(7)5;2*1-3(5)2-4(6)7;4-1-3(6)2-5;1-2-3;2-1-3/h4,6H,2-3H2,1H3,(H,7,8);2*2H2,1H3,(H2,5,6,8);2*3,5H,2H2,1H3,(H,6,7);3-6H,1-2H2;3H,2H2,1H3;1H,(H,2,3). The molecule has 3 atom stereocenters. The Hall–Kier alpha value is -4.52. The smallest absolute Gasteiger partial charge is 0.332 e. The zero-order valence-electron chi connectivity index (χ0n) is 29.0. The molecule has 23 nitrogen and oxygen atoms in total. The fourth-order valence-corrected chi connectivity index (χ4v) is 2.08. The number of nitrogens with one attached hydrogen (secondary N) is 4. The van der Waals surface area contributed by atoms with Gasteiger partial charge in [-0.15, -0.1) is 0 Å². The first-order chi connectivity index (χ1) is 23.0. The first kappa shape index (κ1) is 57.7. The van der Waals surface area contributed by atoms with Crippen molar-refractivity contribution in [2.24, 2.45) is 0 Å². The second kappa shape index (κ2) is 38.9. The molecule has 2 heterocycles. The molecule has 2 aliphatic rings. The number of hydrogen-bond donors (Lipinski definition) is 15. The topological polar surface area (TPSA) is 403 Å². The summed E-state index contributed by atoms with van der Waals surface area (Å²) >= 11 is 0. The van der Waals surface area contributed by atoms with Crippen LogP contribution in [0.2, 0.25) is 0 Å². The zero-order valence-corrected chi connectivity index (χ0v) is 29.0. The Balaban J connectivity index is -0.000000113. The van der Waals surface area contributed by atoms with Gasteiger partial charge in [0.2, 0.25) is 11.8 Å². The lowest BCUT2D eigenvalue weighted by molar-refractivity contribution is -0.147. The summed E-state index contributed by atoms with van der Waals surface area (Å²) < 4.78 is 0. The van der Waals surface area contributed by atoms with Gasteiger partial charge in [-0.3, -0.25) is 45.4 Å².